The van der Waals surface area contributed by atoms with E-state index in [2.05, 4.69) is 12.2 Å². The fourth-order valence-corrected chi connectivity index (χ4v) is 3.19. The Bertz CT molecular complexity index is 346. The Morgan fingerprint density at radius 3 is 2.74 bits per heavy atom. The van der Waals surface area contributed by atoms with Crippen molar-refractivity contribution >= 4 is 11.9 Å². The van der Waals surface area contributed by atoms with Crippen molar-refractivity contribution in [3.63, 3.8) is 0 Å². The van der Waals surface area contributed by atoms with Gasteiger partial charge >= 0.3 is 5.97 Å². The number of carbonyl (C=O) groups excluding carboxylic acids is 2. The fraction of sp³-hybridized carbons (Fsp3) is 0.857. The monoisotopic (exact) mass is 268 g/mol. The third kappa shape index (κ3) is 3.26. The molecule has 5 nitrogen and oxygen atoms in total. The lowest BCUT2D eigenvalue weighted by atomic mass is 9.94. The van der Waals surface area contributed by atoms with Gasteiger partial charge in [-0.3, -0.25) is 9.59 Å². The third-order valence-electron chi connectivity index (χ3n) is 4.38. The summed E-state index contributed by atoms with van der Waals surface area (Å²) in [5.74, 6) is 0.0617. The van der Waals surface area contributed by atoms with Gasteiger partial charge in [0.05, 0.1) is 19.4 Å². The molecule has 108 valence electrons. The lowest BCUT2D eigenvalue weighted by Crippen LogP contribution is -2.49. The number of nitrogens with zero attached hydrogens (tertiary/aromatic N) is 1. The van der Waals surface area contributed by atoms with Crippen LogP contribution in [0.1, 0.15) is 39.0 Å². The molecule has 1 amide bonds. The molecule has 0 aromatic heterocycles. The number of carbonyl (C=O) groups is 2. The number of ether oxygens (including phenoxy) is 1. The normalized spacial score (nSPS) is 31.3. The molecule has 2 heterocycles. The summed E-state index contributed by atoms with van der Waals surface area (Å²) in [6.45, 7) is 3.76. The van der Waals surface area contributed by atoms with Crippen LogP contribution in [0.15, 0.2) is 0 Å². The second kappa shape index (κ2) is 6.37. The zero-order valence-corrected chi connectivity index (χ0v) is 11.9. The van der Waals surface area contributed by atoms with Gasteiger partial charge in [-0.15, -0.1) is 0 Å². The van der Waals surface area contributed by atoms with Crippen LogP contribution < -0.4 is 5.32 Å². The van der Waals surface area contributed by atoms with E-state index in [4.69, 9.17) is 4.74 Å². The Morgan fingerprint density at radius 1 is 1.32 bits per heavy atom. The zero-order valence-electron chi connectivity index (χ0n) is 11.9. The first-order valence-corrected chi connectivity index (χ1v) is 7.24. The van der Waals surface area contributed by atoms with Crippen molar-refractivity contribution in [2.24, 2.45) is 5.92 Å². The first-order chi connectivity index (χ1) is 9.13. The molecular formula is C14H24N2O3. The summed E-state index contributed by atoms with van der Waals surface area (Å²) in [6, 6.07) is 0.273. The highest BCUT2D eigenvalue weighted by atomic mass is 16.5. The molecule has 2 aliphatic rings. The van der Waals surface area contributed by atoms with Crippen LogP contribution in [-0.2, 0) is 14.3 Å². The SMILES string of the molecule is COC(=O)CC1CCCCN1C(=O)C1CCNC1C. The molecule has 0 aromatic rings. The summed E-state index contributed by atoms with van der Waals surface area (Å²) in [7, 11) is 1.40. The molecule has 0 aliphatic carbocycles. The Labute approximate surface area is 114 Å². The molecule has 0 radical (unpaired) electrons. The molecule has 0 bridgehead atoms. The summed E-state index contributed by atoms with van der Waals surface area (Å²) in [5.41, 5.74) is 0. The molecule has 2 rings (SSSR count). The maximum absolute atomic E-state index is 12.6. The minimum Gasteiger partial charge on any atom is -0.469 e. The molecule has 3 atom stereocenters. The van der Waals surface area contributed by atoms with E-state index in [9.17, 15) is 9.59 Å². The van der Waals surface area contributed by atoms with E-state index in [1.165, 1.54) is 7.11 Å². The Balaban J connectivity index is 2.02. The molecule has 1 N–H and O–H groups in total. The lowest BCUT2D eigenvalue weighted by molar-refractivity contribution is -0.146. The Kier molecular flexibility index (Phi) is 4.80. The molecule has 3 unspecified atom stereocenters. The number of methoxy groups -OCH3 is 1. The van der Waals surface area contributed by atoms with E-state index >= 15 is 0 Å². The average molecular weight is 268 g/mol. The van der Waals surface area contributed by atoms with E-state index in [0.29, 0.717) is 6.42 Å². The molecule has 2 saturated heterocycles. The predicted molar refractivity (Wildman–Crippen MR) is 71.6 cm³/mol. The van der Waals surface area contributed by atoms with Crippen molar-refractivity contribution < 1.29 is 14.3 Å². The lowest BCUT2D eigenvalue weighted by Gasteiger charge is -2.37. The molecule has 19 heavy (non-hydrogen) atoms. The Morgan fingerprint density at radius 2 is 2.11 bits per heavy atom. The molecule has 0 spiro atoms. The minimum atomic E-state index is -0.220. The van der Waals surface area contributed by atoms with Gasteiger partial charge in [0.25, 0.3) is 0 Å². The quantitative estimate of drug-likeness (QED) is 0.774. The van der Waals surface area contributed by atoms with Crippen LogP contribution in [0.5, 0.6) is 0 Å². The van der Waals surface area contributed by atoms with E-state index in [1.54, 1.807) is 0 Å². The molecule has 2 fully saturated rings. The summed E-state index contributed by atoms with van der Waals surface area (Å²) < 4.78 is 4.74. The van der Waals surface area contributed by atoms with Gasteiger partial charge in [0.1, 0.15) is 0 Å². The van der Waals surface area contributed by atoms with Crippen molar-refractivity contribution in [3.8, 4) is 0 Å². The zero-order chi connectivity index (χ0) is 13.8. The highest BCUT2D eigenvalue weighted by Crippen LogP contribution is 2.25. The molecule has 0 aromatic carbocycles. The van der Waals surface area contributed by atoms with Crippen LogP contribution in [0.4, 0.5) is 0 Å². The van der Waals surface area contributed by atoms with Gasteiger partial charge in [0, 0.05) is 18.6 Å². The van der Waals surface area contributed by atoms with Gasteiger partial charge in [-0.25, -0.2) is 0 Å². The standard InChI is InChI=1S/C14H24N2O3/c1-10-12(6-7-15-10)14(18)16-8-4-3-5-11(16)9-13(17)19-2/h10-12,15H,3-9H2,1-2H3. The van der Waals surface area contributed by atoms with Gasteiger partial charge < -0.3 is 15.0 Å². The van der Waals surface area contributed by atoms with Gasteiger partial charge in [-0.2, -0.15) is 0 Å². The van der Waals surface area contributed by atoms with E-state index in [-0.39, 0.29) is 29.9 Å². The number of hydrogen-bond acceptors (Lipinski definition) is 4. The summed E-state index contributed by atoms with van der Waals surface area (Å²) in [5, 5.41) is 3.32. The summed E-state index contributed by atoms with van der Waals surface area (Å²) in [4.78, 5) is 26.0. The minimum absolute atomic E-state index is 0.0292. The van der Waals surface area contributed by atoms with Crippen LogP contribution in [0.2, 0.25) is 0 Å². The van der Waals surface area contributed by atoms with Crippen molar-refractivity contribution in [2.45, 2.75) is 51.1 Å². The van der Waals surface area contributed by atoms with E-state index < -0.39 is 0 Å². The summed E-state index contributed by atoms with van der Waals surface area (Å²) in [6.07, 6.45) is 4.27. The van der Waals surface area contributed by atoms with Crippen molar-refractivity contribution in [3.05, 3.63) is 0 Å². The number of esters is 1. The number of hydrogen-bond donors (Lipinski definition) is 1. The van der Waals surface area contributed by atoms with Gasteiger partial charge in [0.2, 0.25) is 5.91 Å². The van der Waals surface area contributed by atoms with Crippen LogP contribution in [0.3, 0.4) is 0 Å². The highest BCUT2D eigenvalue weighted by molar-refractivity contribution is 5.81. The maximum atomic E-state index is 12.6. The van der Waals surface area contributed by atoms with Crippen LogP contribution in [-0.4, -0.2) is 49.1 Å². The van der Waals surface area contributed by atoms with E-state index in [0.717, 1.165) is 38.8 Å². The molecule has 0 saturated carbocycles. The number of likely N-dealkylation sites (tertiary alicyclic amines) is 1. The number of amides is 1. The van der Waals surface area contributed by atoms with E-state index in [1.807, 2.05) is 4.90 Å². The van der Waals surface area contributed by atoms with Crippen molar-refractivity contribution in [2.75, 3.05) is 20.2 Å². The highest BCUT2D eigenvalue weighted by Gasteiger charge is 2.37. The first kappa shape index (κ1) is 14.3. The van der Waals surface area contributed by atoms with Crippen LogP contribution in [0.25, 0.3) is 0 Å². The number of rotatable bonds is 3. The van der Waals surface area contributed by atoms with Crippen molar-refractivity contribution in [1.82, 2.24) is 10.2 Å². The second-order valence-corrected chi connectivity index (χ2v) is 5.60. The molecular weight excluding hydrogens is 244 g/mol. The van der Waals surface area contributed by atoms with Crippen LogP contribution in [0, 0.1) is 5.92 Å². The number of nitrogens with one attached hydrogen (secondary N) is 1. The van der Waals surface area contributed by atoms with Gasteiger partial charge in [-0.05, 0) is 39.2 Å². The first-order valence-electron chi connectivity index (χ1n) is 7.24. The van der Waals surface area contributed by atoms with Crippen LogP contribution >= 0.6 is 0 Å². The maximum Gasteiger partial charge on any atom is 0.307 e. The number of piperidine rings is 1. The predicted octanol–water partition coefficient (Wildman–Crippen LogP) is 0.929. The Hall–Kier alpha value is -1.10. The third-order valence-corrected chi connectivity index (χ3v) is 4.38. The fourth-order valence-electron chi connectivity index (χ4n) is 3.19. The smallest absolute Gasteiger partial charge is 0.307 e. The average Bonchev–Trinajstić information content (AvgIpc) is 2.84. The van der Waals surface area contributed by atoms with Gasteiger partial charge in [0.15, 0.2) is 0 Å². The van der Waals surface area contributed by atoms with Crippen molar-refractivity contribution in [1.29, 1.82) is 0 Å². The summed E-state index contributed by atoms with van der Waals surface area (Å²) >= 11 is 0. The van der Waals surface area contributed by atoms with Gasteiger partial charge in [-0.1, -0.05) is 0 Å². The largest absolute Gasteiger partial charge is 0.469 e. The second-order valence-electron chi connectivity index (χ2n) is 5.60. The topological polar surface area (TPSA) is 58.6 Å². The molecule has 2 aliphatic heterocycles. The molecule has 5 heteroatoms.